The molecule has 1 aliphatic heterocycles. The minimum atomic E-state index is -3.87. The van der Waals surface area contributed by atoms with Crippen molar-refractivity contribution in [2.45, 2.75) is 25.2 Å². The molecule has 1 aromatic carbocycles. The Balaban J connectivity index is 1.79. The minimum Gasteiger partial charge on any atom is -0.378 e. The predicted octanol–water partition coefficient (Wildman–Crippen LogP) is 2.55. The number of rotatable bonds is 5. The lowest BCUT2D eigenvalue weighted by Crippen LogP contribution is -2.41. The van der Waals surface area contributed by atoms with Crippen LogP contribution in [0.5, 0.6) is 0 Å². The van der Waals surface area contributed by atoms with Gasteiger partial charge in [-0.25, -0.2) is 13.4 Å². The number of nitrogens with one attached hydrogen (secondary N) is 1. The first-order chi connectivity index (χ1) is 13.3. The maximum atomic E-state index is 12.9. The highest BCUT2D eigenvalue weighted by Crippen LogP contribution is 2.27. The van der Waals surface area contributed by atoms with Crippen LogP contribution in [0.1, 0.15) is 16.8 Å². The number of benzene rings is 1. The SMILES string of the molecule is Cc1ccc(Cl)c(C)c1S(=O)(=O)Nc1cccc(CC(=O)N2CCOCC2)n1. The highest BCUT2D eigenvalue weighted by molar-refractivity contribution is 7.92. The van der Waals surface area contributed by atoms with Crippen LogP contribution in [-0.2, 0) is 26.0 Å². The van der Waals surface area contributed by atoms with Crippen molar-refractivity contribution in [2.75, 3.05) is 31.0 Å². The third kappa shape index (κ3) is 4.63. The van der Waals surface area contributed by atoms with Gasteiger partial charge in [0.05, 0.1) is 30.2 Å². The van der Waals surface area contributed by atoms with Crippen LogP contribution in [0.2, 0.25) is 5.02 Å². The molecular weight excluding hydrogens is 402 g/mol. The zero-order valence-electron chi connectivity index (χ0n) is 15.7. The molecule has 1 N–H and O–H groups in total. The van der Waals surface area contributed by atoms with Gasteiger partial charge in [-0.2, -0.15) is 0 Å². The van der Waals surface area contributed by atoms with Crippen LogP contribution >= 0.6 is 11.6 Å². The van der Waals surface area contributed by atoms with E-state index in [1.807, 2.05) is 0 Å². The Bertz CT molecular complexity index is 989. The van der Waals surface area contributed by atoms with Crippen molar-refractivity contribution < 1.29 is 17.9 Å². The Morgan fingerprint density at radius 3 is 2.64 bits per heavy atom. The van der Waals surface area contributed by atoms with Crippen LogP contribution in [0.25, 0.3) is 0 Å². The van der Waals surface area contributed by atoms with Crippen molar-refractivity contribution in [3.8, 4) is 0 Å². The standard InChI is InChI=1S/C19H22ClN3O4S/c1-13-6-7-16(20)14(2)19(13)28(25,26)22-17-5-3-4-15(21-17)12-18(24)23-8-10-27-11-9-23/h3-7H,8-12H2,1-2H3,(H,21,22). The molecule has 150 valence electrons. The van der Waals surface area contributed by atoms with Gasteiger partial charge in [0.25, 0.3) is 10.0 Å². The van der Waals surface area contributed by atoms with Crippen LogP contribution in [0, 0.1) is 13.8 Å². The van der Waals surface area contributed by atoms with Crippen LogP contribution in [0.15, 0.2) is 35.2 Å². The molecule has 1 aromatic heterocycles. The number of morpholine rings is 1. The molecule has 3 rings (SSSR count). The number of aryl methyl sites for hydroxylation is 1. The smallest absolute Gasteiger partial charge is 0.263 e. The maximum Gasteiger partial charge on any atom is 0.263 e. The molecule has 9 heteroatoms. The lowest BCUT2D eigenvalue weighted by Gasteiger charge is -2.26. The van der Waals surface area contributed by atoms with Crippen LogP contribution in [0.3, 0.4) is 0 Å². The number of hydrogen-bond acceptors (Lipinski definition) is 5. The zero-order chi connectivity index (χ0) is 20.3. The number of anilines is 1. The second kappa shape index (κ2) is 8.46. The summed E-state index contributed by atoms with van der Waals surface area (Å²) in [6.45, 7) is 5.53. The van der Waals surface area contributed by atoms with Gasteiger partial charge in [-0.15, -0.1) is 0 Å². The Labute approximate surface area is 169 Å². The van der Waals surface area contributed by atoms with Gasteiger partial charge in [0.15, 0.2) is 0 Å². The molecule has 0 saturated carbocycles. The molecule has 1 amide bonds. The van der Waals surface area contributed by atoms with E-state index in [2.05, 4.69) is 9.71 Å². The number of carbonyl (C=O) groups excluding carboxylic acids is 1. The Morgan fingerprint density at radius 2 is 1.93 bits per heavy atom. The third-order valence-electron chi connectivity index (χ3n) is 4.55. The van der Waals surface area contributed by atoms with E-state index >= 15 is 0 Å². The summed E-state index contributed by atoms with van der Waals surface area (Å²) >= 11 is 6.09. The van der Waals surface area contributed by atoms with E-state index < -0.39 is 10.0 Å². The average molecular weight is 424 g/mol. The Hall–Kier alpha value is -2.16. The first-order valence-corrected chi connectivity index (χ1v) is 10.7. The van der Waals surface area contributed by atoms with Gasteiger partial charge in [0.1, 0.15) is 5.82 Å². The highest BCUT2D eigenvalue weighted by atomic mass is 35.5. The number of amides is 1. The largest absolute Gasteiger partial charge is 0.378 e. The average Bonchev–Trinajstić information content (AvgIpc) is 2.65. The number of hydrogen-bond donors (Lipinski definition) is 1. The summed E-state index contributed by atoms with van der Waals surface area (Å²) in [5.74, 6) is 0.100. The van der Waals surface area contributed by atoms with E-state index in [9.17, 15) is 13.2 Å². The number of aromatic nitrogens is 1. The van der Waals surface area contributed by atoms with Crippen molar-refractivity contribution in [2.24, 2.45) is 0 Å². The molecule has 2 heterocycles. The number of sulfonamides is 1. The maximum absolute atomic E-state index is 12.9. The molecule has 1 saturated heterocycles. The summed E-state index contributed by atoms with van der Waals surface area (Å²) in [5, 5.41) is 0.379. The van der Waals surface area contributed by atoms with Gasteiger partial charge in [0, 0.05) is 18.1 Å². The fourth-order valence-corrected chi connectivity index (χ4v) is 4.83. The van der Waals surface area contributed by atoms with E-state index in [0.29, 0.717) is 48.1 Å². The monoisotopic (exact) mass is 423 g/mol. The van der Waals surface area contributed by atoms with Gasteiger partial charge in [0.2, 0.25) is 5.91 Å². The van der Waals surface area contributed by atoms with Crippen LogP contribution < -0.4 is 4.72 Å². The fraction of sp³-hybridized carbons (Fsp3) is 0.368. The van der Waals surface area contributed by atoms with Gasteiger partial charge in [-0.1, -0.05) is 23.7 Å². The molecule has 7 nitrogen and oxygen atoms in total. The fourth-order valence-electron chi connectivity index (χ4n) is 3.12. The zero-order valence-corrected chi connectivity index (χ0v) is 17.3. The van der Waals surface area contributed by atoms with Crippen molar-refractivity contribution in [1.29, 1.82) is 0 Å². The molecule has 0 aliphatic carbocycles. The van der Waals surface area contributed by atoms with E-state index in [4.69, 9.17) is 16.3 Å². The van der Waals surface area contributed by atoms with Gasteiger partial charge in [-0.05, 0) is 43.2 Å². The topological polar surface area (TPSA) is 88.6 Å². The van der Waals surface area contributed by atoms with E-state index in [0.717, 1.165) is 0 Å². The van der Waals surface area contributed by atoms with Crippen molar-refractivity contribution in [1.82, 2.24) is 9.88 Å². The molecule has 0 spiro atoms. The molecule has 28 heavy (non-hydrogen) atoms. The number of pyridine rings is 1. The first-order valence-electron chi connectivity index (χ1n) is 8.88. The number of halogens is 1. The quantitative estimate of drug-likeness (QED) is 0.798. The van der Waals surface area contributed by atoms with E-state index in [1.165, 1.54) is 0 Å². The normalized spacial score (nSPS) is 14.8. The first kappa shape index (κ1) is 20.6. The highest BCUT2D eigenvalue weighted by Gasteiger charge is 2.22. The van der Waals surface area contributed by atoms with Crippen LogP contribution in [0.4, 0.5) is 5.82 Å². The second-order valence-corrected chi connectivity index (χ2v) is 8.63. The van der Waals surface area contributed by atoms with Gasteiger partial charge < -0.3 is 9.64 Å². The molecule has 0 atom stereocenters. The molecular formula is C19H22ClN3O4S. The summed E-state index contributed by atoms with van der Waals surface area (Å²) in [7, 11) is -3.87. The van der Waals surface area contributed by atoms with Crippen molar-refractivity contribution in [3.05, 3.63) is 52.2 Å². The molecule has 0 radical (unpaired) electrons. The summed E-state index contributed by atoms with van der Waals surface area (Å²) in [5.41, 5.74) is 1.57. The minimum absolute atomic E-state index is 0.0580. The van der Waals surface area contributed by atoms with Crippen molar-refractivity contribution in [3.63, 3.8) is 0 Å². The Kier molecular flexibility index (Phi) is 6.22. The summed E-state index contributed by atoms with van der Waals surface area (Å²) in [4.78, 5) is 18.5. The van der Waals surface area contributed by atoms with E-state index in [1.54, 1.807) is 49.1 Å². The van der Waals surface area contributed by atoms with Gasteiger partial charge >= 0.3 is 0 Å². The molecule has 0 unspecified atom stereocenters. The Morgan fingerprint density at radius 1 is 1.21 bits per heavy atom. The lowest BCUT2D eigenvalue weighted by atomic mass is 10.1. The number of carbonyl (C=O) groups is 1. The molecule has 0 bridgehead atoms. The second-order valence-electron chi connectivity index (χ2n) is 6.61. The number of nitrogens with zero attached hydrogens (tertiary/aromatic N) is 2. The molecule has 1 fully saturated rings. The number of ether oxygens (including phenoxy) is 1. The van der Waals surface area contributed by atoms with Crippen LogP contribution in [-0.4, -0.2) is 50.5 Å². The molecule has 1 aliphatic rings. The predicted molar refractivity (Wildman–Crippen MR) is 107 cm³/mol. The van der Waals surface area contributed by atoms with Gasteiger partial charge in [-0.3, -0.25) is 9.52 Å². The summed E-state index contributed by atoms with van der Waals surface area (Å²) in [6.07, 6.45) is 0.102. The summed E-state index contributed by atoms with van der Waals surface area (Å²) in [6, 6.07) is 8.25. The third-order valence-corrected chi connectivity index (χ3v) is 6.60. The van der Waals surface area contributed by atoms with Crippen molar-refractivity contribution >= 4 is 33.3 Å². The lowest BCUT2D eigenvalue weighted by molar-refractivity contribution is -0.134. The molecule has 2 aromatic rings. The summed E-state index contributed by atoms with van der Waals surface area (Å²) < 4.78 is 33.5. The van der Waals surface area contributed by atoms with E-state index in [-0.39, 0.29) is 23.0 Å².